The molecule has 0 radical (unpaired) electrons. The van der Waals surface area contributed by atoms with Crippen LogP contribution in [0.3, 0.4) is 0 Å². The van der Waals surface area contributed by atoms with Crippen molar-refractivity contribution < 1.29 is 13.2 Å². The van der Waals surface area contributed by atoms with Gasteiger partial charge in [-0.05, 0) is 42.7 Å². The van der Waals surface area contributed by atoms with E-state index in [-0.39, 0.29) is 23.3 Å². The van der Waals surface area contributed by atoms with E-state index in [0.717, 1.165) is 25.9 Å². The maximum Gasteiger partial charge on any atom is 0.222 e. The molecule has 0 spiro atoms. The second kappa shape index (κ2) is 6.48. The van der Waals surface area contributed by atoms with Gasteiger partial charge in [0.2, 0.25) is 5.91 Å². The smallest absolute Gasteiger partial charge is 0.222 e. The number of fused-ring (bicyclic) bond motifs is 1. The quantitative estimate of drug-likeness (QED) is 0.915. The van der Waals surface area contributed by atoms with E-state index >= 15 is 0 Å². The third-order valence-corrected chi connectivity index (χ3v) is 7.54. The highest BCUT2D eigenvalue weighted by Crippen LogP contribution is 2.33. The molecule has 2 aliphatic heterocycles. The molecule has 2 saturated heterocycles. The SMILES string of the molecule is O=C(CC1CCS(=O)(=O)C1)N1CCC(c2c[nH]c3ccccc23)CC1. The first-order chi connectivity index (χ1) is 12.0. The number of aromatic amines is 1. The van der Waals surface area contributed by atoms with Gasteiger partial charge < -0.3 is 9.88 Å². The highest BCUT2D eigenvalue weighted by atomic mass is 32.2. The maximum absolute atomic E-state index is 12.5. The van der Waals surface area contributed by atoms with Gasteiger partial charge >= 0.3 is 0 Å². The molecule has 1 unspecified atom stereocenters. The fraction of sp³-hybridized carbons (Fsp3) is 0.526. The van der Waals surface area contributed by atoms with Gasteiger partial charge in [0.15, 0.2) is 9.84 Å². The number of hydrogen-bond donors (Lipinski definition) is 1. The second-order valence-electron chi connectivity index (χ2n) is 7.42. The number of rotatable bonds is 3. The standard InChI is InChI=1S/C19H24N2O3S/c22-19(11-14-7-10-25(23,24)13-14)21-8-5-15(6-9-21)17-12-20-18-4-2-1-3-16(17)18/h1-4,12,14-15,20H,5-11,13H2. The van der Waals surface area contributed by atoms with Crippen LogP contribution < -0.4 is 0 Å². The Kier molecular flexibility index (Phi) is 4.31. The van der Waals surface area contributed by atoms with E-state index < -0.39 is 9.84 Å². The van der Waals surface area contributed by atoms with Crippen molar-refractivity contribution >= 4 is 26.6 Å². The van der Waals surface area contributed by atoms with Crippen LogP contribution in [0.5, 0.6) is 0 Å². The number of nitrogens with zero attached hydrogens (tertiary/aromatic N) is 1. The lowest BCUT2D eigenvalue weighted by molar-refractivity contribution is -0.133. The summed E-state index contributed by atoms with van der Waals surface area (Å²) in [6, 6.07) is 8.34. The van der Waals surface area contributed by atoms with Gasteiger partial charge in [-0.3, -0.25) is 4.79 Å². The summed E-state index contributed by atoms with van der Waals surface area (Å²) in [5.41, 5.74) is 2.52. The van der Waals surface area contributed by atoms with Crippen molar-refractivity contribution in [3.63, 3.8) is 0 Å². The molecule has 4 rings (SSSR count). The Morgan fingerprint density at radius 3 is 2.64 bits per heavy atom. The van der Waals surface area contributed by atoms with E-state index in [1.165, 1.54) is 16.5 Å². The summed E-state index contributed by atoms with van der Waals surface area (Å²) < 4.78 is 23.1. The van der Waals surface area contributed by atoms with Crippen molar-refractivity contribution in [2.24, 2.45) is 5.92 Å². The average molecular weight is 360 g/mol. The summed E-state index contributed by atoms with van der Waals surface area (Å²) in [5, 5.41) is 1.28. The van der Waals surface area contributed by atoms with Crippen LogP contribution in [-0.4, -0.2) is 48.8 Å². The number of H-pyrrole nitrogens is 1. The lowest BCUT2D eigenvalue weighted by atomic mass is 9.89. The van der Waals surface area contributed by atoms with Crippen LogP contribution in [0.4, 0.5) is 0 Å². The summed E-state index contributed by atoms with van der Waals surface area (Å²) in [6.07, 6.45) is 5.07. The number of nitrogens with one attached hydrogen (secondary N) is 1. The predicted molar refractivity (Wildman–Crippen MR) is 98.2 cm³/mol. The molecule has 1 aromatic heterocycles. The number of aromatic nitrogens is 1. The van der Waals surface area contributed by atoms with Crippen LogP contribution in [0.15, 0.2) is 30.5 Å². The van der Waals surface area contributed by atoms with E-state index in [1.54, 1.807) is 0 Å². The van der Waals surface area contributed by atoms with Gasteiger partial charge in [0.05, 0.1) is 11.5 Å². The Morgan fingerprint density at radius 1 is 1.16 bits per heavy atom. The van der Waals surface area contributed by atoms with Gasteiger partial charge in [0, 0.05) is 36.6 Å². The molecule has 2 fully saturated rings. The fourth-order valence-electron chi connectivity index (χ4n) is 4.28. The van der Waals surface area contributed by atoms with Gasteiger partial charge in [0.25, 0.3) is 0 Å². The summed E-state index contributed by atoms with van der Waals surface area (Å²) in [7, 11) is -2.91. The Hall–Kier alpha value is -1.82. The third-order valence-electron chi connectivity index (χ3n) is 5.70. The molecule has 6 heteroatoms. The number of piperidine rings is 1. The van der Waals surface area contributed by atoms with Crippen LogP contribution >= 0.6 is 0 Å². The van der Waals surface area contributed by atoms with Crippen LogP contribution in [-0.2, 0) is 14.6 Å². The Morgan fingerprint density at radius 2 is 1.92 bits per heavy atom. The zero-order valence-electron chi connectivity index (χ0n) is 14.3. The molecule has 5 nitrogen and oxygen atoms in total. The summed E-state index contributed by atoms with van der Waals surface area (Å²) in [5.74, 6) is 1.05. The van der Waals surface area contributed by atoms with Crippen molar-refractivity contribution in [1.29, 1.82) is 0 Å². The highest BCUT2D eigenvalue weighted by Gasteiger charge is 2.32. The maximum atomic E-state index is 12.5. The molecule has 134 valence electrons. The summed E-state index contributed by atoms with van der Waals surface area (Å²) in [4.78, 5) is 17.8. The number of carbonyl (C=O) groups excluding carboxylic acids is 1. The Balaban J connectivity index is 1.36. The van der Waals surface area contributed by atoms with E-state index in [4.69, 9.17) is 0 Å². The zero-order chi connectivity index (χ0) is 17.4. The summed E-state index contributed by atoms with van der Waals surface area (Å²) in [6.45, 7) is 1.53. The third kappa shape index (κ3) is 3.45. The monoisotopic (exact) mass is 360 g/mol. The molecule has 1 N–H and O–H groups in total. The lowest BCUT2D eigenvalue weighted by Crippen LogP contribution is -2.38. The van der Waals surface area contributed by atoms with Crippen LogP contribution in [0.1, 0.15) is 37.2 Å². The molecule has 2 aromatic rings. The molecule has 2 aliphatic rings. The summed E-state index contributed by atoms with van der Waals surface area (Å²) >= 11 is 0. The number of likely N-dealkylation sites (tertiary alicyclic amines) is 1. The van der Waals surface area contributed by atoms with Crippen molar-refractivity contribution in [3.05, 3.63) is 36.0 Å². The molecule has 0 bridgehead atoms. The Bertz CT molecular complexity index is 879. The second-order valence-corrected chi connectivity index (χ2v) is 9.65. The molecule has 3 heterocycles. The van der Waals surface area contributed by atoms with Crippen molar-refractivity contribution in [3.8, 4) is 0 Å². The van der Waals surface area contributed by atoms with E-state index in [1.807, 2.05) is 11.0 Å². The number of benzene rings is 1. The van der Waals surface area contributed by atoms with Gasteiger partial charge in [-0.2, -0.15) is 0 Å². The fourth-order valence-corrected chi connectivity index (χ4v) is 6.14. The molecule has 1 atom stereocenters. The first-order valence-corrected chi connectivity index (χ1v) is 10.9. The van der Waals surface area contributed by atoms with Gasteiger partial charge in [-0.25, -0.2) is 8.42 Å². The normalized spacial score (nSPS) is 24.0. The van der Waals surface area contributed by atoms with Crippen molar-refractivity contribution in [2.75, 3.05) is 24.6 Å². The topological polar surface area (TPSA) is 70.2 Å². The van der Waals surface area contributed by atoms with Gasteiger partial charge in [0.1, 0.15) is 0 Å². The van der Waals surface area contributed by atoms with Crippen LogP contribution in [0.2, 0.25) is 0 Å². The zero-order valence-corrected chi connectivity index (χ0v) is 15.1. The molecule has 1 amide bonds. The number of sulfone groups is 1. The molecule has 1 aromatic carbocycles. The van der Waals surface area contributed by atoms with Crippen molar-refractivity contribution in [2.45, 2.75) is 31.6 Å². The van der Waals surface area contributed by atoms with Crippen molar-refractivity contribution in [1.82, 2.24) is 9.88 Å². The number of hydrogen-bond acceptors (Lipinski definition) is 3. The van der Waals surface area contributed by atoms with E-state index in [9.17, 15) is 13.2 Å². The Labute approximate surface area is 148 Å². The number of amides is 1. The molecular weight excluding hydrogens is 336 g/mol. The first kappa shape index (κ1) is 16.6. The first-order valence-electron chi connectivity index (χ1n) is 9.06. The predicted octanol–water partition coefficient (Wildman–Crippen LogP) is 2.70. The molecule has 0 saturated carbocycles. The largest absolute Gasteiger partial charge is 0.361 e. The van der Waals surface area contributed by atoms with Crippen LogP contribution in [0.25, 0.3) is 10.9 Å². The minimum absolute atomic E-state index is 0.0174. The van der Waals surface area contributed by atoms with Gasteiger partial charge in [-0.15, -0.1) is 0 Å². The van der Waals surface area contributed by atoms with Crippen LogP contribution in [0, 0.1) is 5.92 Å². The molecule has 25 heavy (non-hydrogen) atoms. The minimum Gasteiger partial charge on any atom is -0.361 e. The average Bonchev–Trinajstić information content (AvgIpc) is 3.18. The lowest BCUT2D eigenvalue weighted by Gasteiger charge is -2.32. The minimum atomic E-state index is -2.91. The van der Waals surface area contributed by atoms with E-state index in [2.05, 4.69) is 29.4 Å². The van der Waals surface area contributed by atoms with Gasteiger partial charge in [-0.1, -0.05) is 18.2 Å². The molecular formula is C19H24N2O3S. The number of carbonyl (C=O) groups is 1. The molecule has 0 aliphatic carbocycles. The highest BCUT2D eigenvalue weighted by molar-refractivity contribution is 7.91. The van der Waals surface area contributed by atoms with E-state index in [0.29, 0.717) is 18.8 Å². The number of para-hydroxylation sites is 1.